The zero-order valence-corrected chi connectivity index (χ0v) is 16.3. The Balaban J connectivity index is 1.69. The van der Waals surface area contributed by atoms with Crippen LogP contribution in [-0.2, 0) is 4.79 Å². The Morgan fingerprint density at radius 2 is 1.64 bits per heavy atom. The van der Waals surface area contributed by atoms with E-state index in [9.17, 15) is 9.18 Å². The van der Waals surface area contributed by atoms with E-state index in [0.717, 1.165) is 16.7 Å². The second kappa shape index (κ2) is 7.28. The van der Waals surface area contributed by atoms with Gasteiger partial charge in [-0.25, -0.2) is 4.39 Å². The van der Waals surface area contributed by atoms with Gasteiger partial charge in [-0.15, -0.1) is 0 Å². The maximum absolute atomic E-state index is 13.3. The lowest BCUT2D eigenvalue weighted by Gasteiger charge is -2.46. The lowest BCUT2D eigenvalue weighted by Crippen LogP contribution is -2.61. The fraction of sp³-hybridized carbons (Fsp3) is 0.174. The van der Waals surface area contributed by atoms with Gasteiger partial charge in [0.25, 0.3) is 5.91 Å². The number of nitrogens with zero attached hydrogens (tertiary/aromatic N) is 1. The minimum atomic E-state index is -0.660. The van der Waals surface area contributed by atoms with Crippen molar-refractivity contribution in [3.63, 3.8) is 0 Å². The molecule has 1 aliphatic rings. The number of aryl methyl sites for hydroxylation is 2. The first-order chi connectivity index (χ1) is 13.4. The molecule has 1 amide bonds. The molecule has 0 radical (unpaired) electrons. The minimum absolute atomic E-state index is 0.161. The van der Waals surface area contributed by atoms with Crippen LogP contribution in [0.25, 0.3) is 0 Å². The summed E-state index contributed by atoms with van der Waals surface area (Å²) in [6, 6.07) is 18.9. The van der Waals surface area contributed by atoms with Crippen molar-refractivity contribution in [2.75, 3.05) is 4.90 Å². The molecule has 3 nitrogen and oxygen atoms in total. The van der Waals surface area contributed by atoms with Crippen LogP contribution in [0.1, 0.15) is 22.7 Å². The van der Waals surface area contributed by atoms with Crippen LogP contribution in [0.2, 0.25) is 5.02 Å². The van der Waals surface area contributed by atoms with E-state index in [2.05, 4.69) is 0 Å². The highest BCUT2D eigenvalue weighted by Gasteiger charge is 2.51. The standard InChI is InChI=1S/C23H19ClFNO2/c1-14-3-5-16(6-4-14)21-22(28-20-12-7-17(24)13-15(20)2)23(27)26(21)19-10-8-18(25)9-11-19/h3-13,21-22H,1-2H3. The third-order valence-corrected chi connectivity index (χ3v) is 5.20. The first kappa shape index (κ1) is 18.5. The molecule has 0 spiro atoms. The fourth-order valence-corrected chi connectivity index (χ4v) is 3.66. The molecule has 0 saturated carbocycles. The summed E-state index contributed by atoms with van der Waals surface area (Å²) < 4.78 is 19.4. The molecule has 3 aromatic rings. The Hall–Kier alpha value is -2.85. The van der Waals surface area contributed by atoms with Crippen molar-refractivity contribution in [3.05, 3.63) is 94.3 Å². The monoisotopic (exact) mass is 395 g/mol. The van der Waals surface area contributed by atoms with Crippen LogP contribution >= 0.6 is 11.6 Å². The maximum Gasteiger partial charge on any atom is 0.271 e. The van der Waals surface area contributed by atoms with Gasteiger partial charge in [-0.1, -0.05) is 41.4 Å². The van der Waals surface area contributed by atoms with Crippen molar-refractivity contribution in [1.82, 2.24) is 0 Å². The molecule has 0 N–H and O–H groups in total. The molecule has 2 unspecified atom stereocenters. The van der Waals surface area contributed by atoms with Gasteiger partial charge in [0.15, 0.2) is 0 Å². The highest BCUT2D eigenvalue weighted by atomic mass is 35.5. The van der Waals surface area contributed by atoms with Gasteiger partial charge in [-0.3, -0.25) is 9.69 Å². The van der Waals surface area contributed by atoms with Crippen LogP contribution in [-0.4, -0.2) is 12.0 Å². The normalized spacial score (nSPS) is 18.7. The van der Waals surface area contributed by atoms with Gasteiger partial charge >= 0.3 is 0 Å². The number of carbonyl (C=O) groups excluding carboxylic acids is 1. The van der Waals surface area contributed by atoms with Gasteiger partial charge in [0.2, 0.25) is 6.10 Å². The van der Waals surface area contributed by atoms with E-state index >= 15 is 0 Å². The number of ether oxygens (including phenoxy) is 1. The molecule has 28 heavy (non-hydrogen) atoms. The summed E-state index contributed by atoms with van der Waals surface area (Å²) in [6.07, 6.45) is -0.660. The van der Waals surface area contributed by atoms with Crippen LogP contribution < -0.4 is 9.64 Å². The Labute approximate surface area is 168 Å². The average Bonchev–Trinajstić information content (AvgIpc) is 2.67. The van der Waals surface area contributed by atoms with E-state index in [-0.39, 0.29) is 17.8 Å². The van der Waals surface area contributed by atoms with Gasteiger partial charge in [0.05, 0.1) is 0 Å². The molecule has 1 saturated heterocycles. The Morgan fingerprint density at radius 1 is 0.964 bits per heavy atom. The van der Waals surface area contributed by atoms with E-state index in [1.807, 2.05) is 38.1 Å². The summed E-state index contributed by atoms with van der Waals surface area (Å²) >= 11 is 6.02. The van der Waals surface area contributed by atoms with E-state index < -0.39 is 6.10 Å². The summed E-state index contributed by atoms with van der Waals surface area (Å²) in [6.45, 7) is 3.90. The topological polar surface area (TPSA) is 29.5 Å². The van der Waals surface area contributed by atoms with Crippen molar-refractivity contribution in [2.24, 2.45) is 0 Å². The van der Waals surface area contributed by atoms with Gasteiger partial charge in [-0.2, -0.15) is 0 Å². The summed E-state index contributed by atoms with van der Waals surface area (Å²) in [5.74, 6) is 0.123. The number of amides is 1. The second-order valence-electron chi connectivity index (χ2n) is 6.99. The van der Waals surface area contributed by atoms with Crippen LogP contribution in [0.5, 0.6) is 5.75 Å². The molecule has 2 atom stereocenters. The number of hydrogen-bond acceptors (Lipinski definition) is 2. The molecular weight excluding hydrogens is 377 g/mol. The highest BCUT2D eigenvalue weighted by molar-refractivity contribution is 6.30. The zero-order chi connectivity index (χ0) is 19.8. The summed E-state index contributed by atoms with van der Waals surface area (Å²) in [4.78, 5) is 14.6. The molecular formula is C23H19ClFNO2. The quantitative estimate of drug-likeness (QED) is 0.535. The molecule has 1 heterocycles. The third-order valence-electron chi connectivity index (χ3n) is 4.96. The predicted molar refractivity (Wildman–Crippen MR) is 108 cm³/mol. The zero-order valence-electron chi connectivity index (χ0n) is 15.5. The molecule has 0 bridgehead atoms. The van der Waals surface area contributed by atoms with Gasteiger partial charge < -0.3 is 4.74 Å². The largest absolute Gasteiger partial charge is 0.478 e. The number of rotatable bonds is 4. The molecule has 3 aromatic carbocycles. The number of β-lactam (4-membered cyclic amide) rings is 1. The van der Waals surface area contributed by atoms with Crippen LogP contribution in [0.15, 0.2) is 66.7 Å². The molecule has 5 heteroatoms. The van der Waals surface area contributed by atoms with Crippen molar-refractivity contribution >= 4 is 23.2 Å². The fourth-order valence-electron chi connectivity index (χ4n) is 3.44. The molecule has 142 valence electrons. The average molecular weight is 396 g/mol. The van der Waals surface area contributed by atoms with E-state index in [1.54, 1.807) is 35.2 Å². The number of hydrogen-bond donors (Lipinski definition) is 0. The molecule has 1 fully saturated rings. The van der Waals surface area contributed by atoms with E-state index in [4.69, 9.17) is 16.3 Å². The van der Waals surface area contributed by atoms with Crippen molar-refractivity contribution in [2.45, 2.75) is 26.0 Å². The van der Waals surface area contributed by atoms with Crippen molar-refractivity contribution < 1.29 is 13.9 Å². The van der Waals surface area contributed by atoms with Gasteiger partial charge in [-0.05, 0) is 67.4 Å². The maximum atomic E-state index is 13.3. The first-order valence-corrected chi connectivity index (χ1v) is 9.40. The van der Waals surface area contributed by atoms with Gasteiger partial charge in [0, 0.05) is 10.7 Å². The number of halogens is 2. The molecule has 1 aliphatic heterocycles. The minimum Gasteiger partial charge on any atom is -0.478 e. The van der Waals surface area contributed by atoms with Crippen LogP contribution in [0, 0.1) is 19.7 Å². The smallest absolute Gasteiger partial charge is 0.271 e. The summed E-state index contributed by atoms with van der Waals surface area (Å²) in [5.41, 5.74) is 3.60. The molecule has 0 aromatic heterocycles. The summed E-state index contributed by atoms with van der Waals surface area (Å²) in [5, 5.41) is 0.618. The van der Waals surface area contributed by atoms with Crippen LogP contribution in [0.3, 0.4) is 0 Å². The van der Waals surface area contributed by atoms with Crippen molar-refractivity contribution in [1.29, 1.82) is 0 Å². The SMILES string of the molecule is Cc1ccc(C2C(Oc3ccc(Cl)cc3C)C(=O)N2c2ccc(F)cc2)cc1. The number of carbonyl (C=O) groups is 1. The Morgan fingerprint density at radius 3 is 2.29 bits per heavy atom. The Kier molecular flexibility index (Phi) is 4.82. The third kappa shape index (κ3) is 3.36. The lowest BCUT2D eigenvalue weighted by atomic mass is 9.89. The van der Waals surface area contributed by atoms with Crippen LogP contribution in [0.4, 0.5) is 10.1 Å². The lowest BCUT2D eigenvalue weighted by molar-refractivity contribution is -0.135. The summed E-state index contributed by atoms with van der Waals surface area (Å²) in [7, 11) is 0. The molecule has 0 aliphatic carbocycles. The van der Waals surface area contributed by atoms with E-state index in [0.29, 0.717) is 16.5 Å². The Bertz CT molecular complexity index is 1020. The molecule has 4 rings (SSSR count). The first-order valence-electron chi connectivity index (χ1n) is 9.02. The second-order valence-corrected chi connectivity index (χ2v) is 7.42. The van der Waals surface area contributed by atoms with E-state index in [1.165, 1.54) is 12.1 Å². The number of anilines is 1. The highest BCUT2D eigenvalue weighted by Crippen LogP contribution is 2.42. The number of benzene rings is 3. The predicted octanol–water partition coefficient (Wildman–Crippen LogP) is 5.63. The van der Waals surface area contributed by atoms with Crippen molar-refractivity contribution in [3.8, 4) is 5.75 Å². The van der Waals surface area contributed by atoms with Gasteiger partial charge in [0.1, 0.15) is 17.6 Å².